The molecule has 1 amide bonds. The number of hydrogen-bond acceptors (Lipinski definition) is 3. The fourth-order valence-corrected chi connectivity index (χ4v) is 2.91. The van der Waals surface area contributed by atoms with E-state index in [-0.39, 0.29) is 5.91 Å². The van der Waals surface area contributed by atoms with Crippen molar-refractivity contribution >= 4 is 21.8 Å². The van der Waals surface area contributed by atoms with Gasteiger partial charge in [0, 0.05) is 24.6 Å². The number of aryl methyl sites for hydroxylation is 2. The molecular formula is C14H15BrN4O. The molecule has 1 aromatic heterocycles. The van der Waals surface area contributed by atoms with Crippen LogP contribution in [0.15, 0.2) is 22.8 Å². The van der Waals surface area contributed by atoms with Crippen LogP contribution in [0.3, 0.4) is 0 Å². The van der Waals surface area contributed by atoms with Crippen molar-refractivity contribution in [2.75, 3.05) is 6.54 Å². The highest BCUT2D eigenvalue weighted by molar-refractivity contribution is 9.10. The molecule has 1 aliphatic heterocycles. The Morgan fingerprint density at radius 2 is 2.15 bits per heavy atom. The van der Waals surface area contributed by atoms with Crippen LogP contribution >= 0.6 is 15.9 Å². The smallest absolute Gasteiger partial charge is 0.274 e. The van der Waals surface area contributed by atoms with Gasteiger partial charge in [-0.25, -0.2) is 4.68 Å². The van der Waals surface area contributed by atoms with Crippen molar-refractivity contribution in [1.82, 2.24) is 19.9 Å². The molecular weight excluding hydrogens is 320 g/mol. The Morgan fingerprint density at radius 3 is 2.85 bits per heavy atom. The zero-order valence-corrected chi connectivity index (χ0v) is 13.0. The van der Waals surface area contributed by atoms with Crippen LogP contribution in [0.25, 0.3) is 0 Å². The molecule has 20 heavy (non-hydrogen) atoms. The lowest BCUT2D eigenvalue weighted by Crippen LogP contribution is -2.37. The molecule has 3 rings (SSSR count). The van der Waals surface area contributed by atoms with Crippen LogP contribution in [0.1, 0.15) is 27.2 Å². The first-order valence-electron chi connectivity index (χ1n) is 6.48. The molecule has 5 nitrogen and oxygen atoms in total. The molecule has 0 fully saturated rings. The van der Waals surface area contributed by atoms with E-state index in [4.69, 9.17) is 0 Å². The number of carbonyl (C=O) groups is 1. The van der Waals surface area contributed by atoms with Gasteiger partial charge in [0.05, 0.1) is 6.20 Å². The minimum Gasteiger partial charge on any atom is -0.333 e. The highest BCUT2D eigenvalue weighted by atomic mass is 79.9. The summed E-state index contributed by atoms with van der Waals surface area (Å²) in [5, 5.41) is 7.58. The quantitative estimate of drug-likeness (QED) is 0.802. The zero-order chi connectivity index (χ0) is 14.3. The number of hydrogen-bond donors (Lipinski definition) is 0. The van der Waals surface area contributed by atoms with Crippen molar-refractivity contribution in [2.45, 2.75) is 19.9 Å². The van der Waals surface area contributed by atoms with Crippen LogP contribution in [0.4, 0.5) is 0 Å². The van der Waals surface area contributed by atoms with Crippen molar-refractivity contribution < 1.29 is 4.79 Å². The van der Waals surface area contributed by atoms with E-state index in [1.807, 2.05) is 4.90 Å². The van der Waals surface area contributed by atoms with Crippen LogP contribution in [-0.2, 0) is 20.0 Å². The largest absolute Gasteiger partial charge is 0.333 e. The van der Waals surface area contributed by atoms with Gasteiger partial charge < -0.3 is 4.90 Å². The van der Waals surface area contributed by atoms with Gasteiger partial charge in [-0.05, 0) is 36.1 Å². The van der Waals surface area contributed by atoms with Crippen LogP contribution in [-0.4, -0.2) is 32.3 Å². The lowest BCUT2D eigenvalue weighted by molar-refractivity contribution is 0.0723. The summed E-state index contributed by atoms with van der Waals surface area (Å²) in [6.45, 7) is 3.46. The van der Waals surface area contributed by atoms with E-state index in [1.165, 1.54) is 27.6 Å². The number of rotatable bonds is 1. The second kappa shape index (κ2) is 5.01. The fraction of sp³-hybridized carbons (Fsp3) is 0.357. The first kappa shape index (κ1) is 13.3. The second-order valence-electron chi connectivity index (χ2n) is 5.09. The highest BCUT2D eigenvalue weighted by Gasteiger charge is 2.24. The van der Waals surface area contributed by atoms with Crippen molar-refractivity contribution in [3.63, 3.8) is 0 Å². The lowest BCUT2D eigenvalue weighted by atomic mass is 9.97. The van der Waals surface area contributed by atoms with Crippen LogP contribution < -0.4 is 0 Å². The third kappa shape index (κ3) is 2.24. The Kier molecular flexibility index (Phi) is 3.33. The predicted molar refractivity (Wildman–Crippen MR) is 78.3 cm³/mol. The molecule has 0 aliphatic carbocycles. The van der Waals surface area contributed by atoms with E-state index in [9.17, 15) is 4.79 Å². The van der Waals surface area contributed by atoms with Gasteiger partial charge in [-0.15, -0.1) is 5.10 Å². The minimum absolute atomic E-state index is 0.0140. The van der Waals surface area contributed by atoms with Crippen molar-refractivity contribution in [2.24, 2.45) is 7.05 Å². The first-order chi connectivity index (χ1) is 9.56. The molecule has 2 aromatic rings. The SMILES string of the molecule is Cc1cc2c(cc1Br)CN(C(=O)c1cnnn1C)CC2. The number of nitrogens with zero attached hydrogens (tertiary/aromatic N) is 4. The standard InChI is InChI=1S/C14H15BrN4O/c1-9-5-10-3-4-19(8-11(10)6-12(9)15)14(20)13-7-16-17-18(13)2/h5-7H,3-4,8H2,1-2H3. The van der Waals surface area contributed by atoms with Gasteiger partial charge in [0.2, 0.25) is 0 Å². The summed E-state index contributed by atoms with van der Waals surface area (Å²) in [6, 6.07) is 4.32. The number of carbonyl (C=O) groups excluding carboxylic acids is 1. The zero-order valence-electron chi connectivity index (χ0n) is 11.4. The lowest BCUT2D eigenvalue weighted by Gasteiger charge is -2.29. The summed E-state index contributed by atoms with van der Waals surface area (Å²) < 4.78 is 2.61. The van der Waals surface area contributed by atoms with E-state index < -0.39 is 0 Å². The van der Waals surface area contributed by atoms with Gasteiger partial charge in [0.1, 0.15) is 5.69 Å². The summed E-state index contributed by atoms with van der Waals surface area (Å²) in [5.74, 6) is -0.0140. The summed E-state index contributed by atoms with van der Waals surface area (Å²) in [6.07, 6.45) is 2.41. The molecule has 0 radical (unpaired) electrons. The van der Waals surface area contributed by atoms with Gasteiger partial charge in [0.15, 0.2) is 0 Å². The third-order valence-electron chi connectivity index (χ3n) is 3.71. The topological polar surface area (TPSA) is 51.0 Å². The Balaban J connectivity index is 1.87. The Bertz CT molecular complexity index is 680. The maximum atomic E-state index is 12.5. The first-order valence-corrected chi connectivity index (χ1v) is 7.27. The summed E-state index contributed by atoms with van der Waals surface area (Å²) >= 11 is 3.55. The molecule has 1 aliphatic rings. The number of amides is 1. The van der Waals surface area contributed by atoms with Crippen molar-refractivity contribution in [3.05, 3.63) is 45.2 Å². The monoisotopic (exact) mass is 334 g/mol. The van der Waals surface area contributed by atoms with Crippen LogP contribution in [0.2, 0.25) is 0 Å². The van der Waals surface area contributed by atoms with E-state index >= 15 is 0 Å². The van der Waals surface area contributed by atoms with Crippen LogP contribution in [0, 0.1) is 6.92 Å². The minimum atomic E-state index is -0.0140. The molecule has 0 N–H and O–H groups in total. The maximum Gasteiger partial charge on any atom is 0.274 e. The molecule has 6 heteroatoms. The second-order valence-corrected chi connectivity index (χ2v) is 5.94. The number of benzene rings is 1. The molecule has 0 atom stereocenters. The molecule has 2 heterocycles. The Labute approximate surface area is 125 Å². The normalized spacial score (nSPS) is 14.2. The average Bonchev–Trinajstić information content (AvgIpc) is 2.85. The molecule has 0 bridgehead atoms. The van der Waals surface area contributed by atoms with E-state index in [2.05, 4.69) is 45.3 Å². The van der Waals surface area contributed by atoms with Gasteiger partial charge >= 0.3 is 0 Å². The van der Waals surface area contributed by atoms with E-state index in [0.717, 1.165) is 17.4 Å². The molecule has 0 spiro atoms. The summed E-state index contributed by atoms with van der Waals surface area (Å²) in [4.78, 5) is 14.3. The van der Waals surface area contributed by atoms with Crippen molar-refractivity contribution in [3.8, 4) is 0 Å². The summed E-state index contributed by atoms with van der Waals surface area (Å²) in [5.41, 5.74) is 4.30. The molecule has 0 unspecified atom stereocenters. The van der Waals surface area contributed by atoms with Gasteiger partial charge in [0.25, 0.3) is 5.91 Å². The molecule has 1 aromatic carbocycles. The maximum absolute atomic E-state index is 12.5. The Hall–Kier alpha value is -1.69. The van der Waals surface area contributed by atoms with E-state index in [0.29, 0.717) is 12.2 Å². The molecule has 0 saturated heterocycles. The molecule has 0 saturated carbocycles. The van der Waals surface area contributed by atoms with Gasteiger partial charge in [-0.1, -0.05) is 27.2 Å². The number of fused-ring (bicyclic) bond motifs is 1. The fourth-order valence-electron chi connectivity index (χ4n) is 2.52. The van der Waals surface area contributed by atoms with Crippen molar-refractivity contribution in [1.29, 1.82) is 0 Å². The van der Waals surface area contributed by atoms with Gasteiger partial charge in [-0.3, -0.25) is 4.79 Å². The number of aromatic nitrogens is 3. The predicted octanol–water partition coefficient (Wildman–Crippen LogP) is 2.08. The average molecular weight is 335 g/mol. The third-order valence-corrected chi connectivity index (χ3v) is 4.57. The molecule has 104 valence electrons. The van der Waals surface area contributed by atoms with E-state index in [1.54, 1.807) is 7.05 Å². The highest BCUT2D eigenvalue weighted by Crippen LogP contribution is 2.26. The van der Waals surface area contributed by atoms with Crippen LogP contribution in [0.5, 0.6) is 0 Å². The number of halogens is 1. The van der Waals surface area contributed by atoms with Gasteiger partial charge in [-0.2, -0.15) is 0 Å². The summed E-state index contributed by atoms with van der Waals surface area (Å²) in [7, 11) is 1.73. The Morgan fingerprint density at radius 1 is 1.35 bits per heavy atom.